The van der Waals surface area contributed by atoms with Gasteiger partial charge in [-0.05, 0) is 38.2 Å². The predicted molar refractivity (Wildman–Crippen MR) is 89.4 cm³/mol. The van der Waals surface area contributed by atoms with Gasteiger partial charge in [-0.1, -0.05) is 26.8 Å². The monoisotopic (exact) mass is 295 g/mol. The summed E-state index contributed by atoms with van der Waals surface area (Å²) in [4.78, 5) is 4.26. The molecule has 0 bridgehead atoms. The van der Waals surface area contributed by atoms with Gasteiger partial charge in [-0.25, -0.2) is 4.39 Å². The number of nitrogens with zero attached hydrogens (tertiary/aromatic N) is 2. The zero-order valence-electron chi connectivity index (χ0n) is 14.1. The van der Waals surface area contributed by atoms with E-state index in [0.29, 0.717) is 18.3 Å². The maximum Gasteiger partial charge on any atom is 0.146 e. The van der Waals surface area contributed by atoms with Crippen molar-refractivity contribution >= 4 is 5.69 Å². The van der Waals surface area contributed by atoms with E-state index in [1.807, 2.05) is 26.2 Å². The van der Waals surface area contributed by atoms with Gasteiger partial charge in [-0.2, -0.15) is 0 Å². The van der Waals surface area contributed by atoms with E-state index >= 15 is 0 Å². The Hall–Kier alpha value is -1.13. The molecule has 1 N–H and O–H groups in total. The van der Waals surface area contributed by atoms with Crippen molar-refractivity contribution in [1.82, 2.24) is 10.2 Å². The molecular weight excluding hydrogens is 265 g/mol. The molecule has 0 fully saturated rings. The molecule has 0 unspecified atom stereocenters. The molecule has 3 nitrogen and oxygen atoms in total. The predicted octanol–water partition coefficient (Wildman–Crippen LogP) is 3.10. The second-order valence-electron chi connectivity index (χ2n) is 6.11. The van der Waals surface area contributed by atoms with Gasteiger partial charge in [0.05, 0.1) is 5.69 Å². The number of halogens is 1. The second-order valence-corrected chi connectivity index (χ2v) is 6.11. The molecule has 1 aromatic carbocycles. The lowest BCUT2D eigenvalue weighted by molar-refractivity contribution is 0.412. The van der Waals surface area contributed by atoms with Gasteiger partial charge in [-0.3, -0.25) is 0 Å². The van der Waals surface area contributed by atoms with Crippen LogP contribution in [0.3, 0.4) is 0 Å². The van der Waals surface area contributed by atoms with E-state index in [0.717, 1.165) is 31.6 Å². The summed E-state index contributed by atoms with van der Waals surface area (Å²) >= 11 is 0. The SMILES string of the molecule is CCCN(CCN(C)C)c1ccc(CNC(C)C)cc1F. The topological polar surface area (TPSA) is 18.5 Å². The Labute approximate surface area is 129 Å². The van der Waals surface area contributed by atoms with Gasteiger partial charge in [0.2, 0.25) is 0 Å². The average Bonchev–Trinajstić information content (AvgIpc) is 2.41. The van der Waals surface area contributed by atoms with E-state index in [4.69, 9.17) is 0 Å². The fourth-order valence-electron chi connectivity index (χ4n) is 2.18. The molecule has 0 spiro atoms. The van der Waals surface area contributed by atoms with Gasteiger partial charge >= 0.3 is 0 Å². The van der Waals surface area contributed by atoms with Crippen molar-refractivity contribution in [1.29, 1.82) is 0 Å². The summed E-state index contributed by atoms with van der Waals surface area (Å²) < 4.78 is 14.4. The van der Waals surface area contributed by atoms with Crippen LogP contribution in [0.1, 0.15) is 32.8 Å². The van der Waals surface area contributed by atoms with Crippen molar-refractivity contribution in [2.75, 3.05) is 38.6 Å². The number of anilines is 1. The van der Waals surface area contributed by atoms with Gasteiger partial charge in [0.1, 0.15) is 5.82 Å². The van der Waals surface area contributed by atoms with Crippen LogP contribution in [-0.4, -0.2) is 44.7 Å². The minimum atomic E-state index is -0.120. The fraction of sp³-hybridized carbons (Fsp3) is 0.647. The molecule has 0 aliphatic carbocycles. The summed E-state index contributed by atoms with van der Waals surface area (Å²) in [6, 6.07) is 6.00. The molecule has 1 aromatic rings. The van der Waals surface area contributed by atoms with Crippen molar-refractivity contribution in [3.8, 4) is 0 Å². The van der Waals surface area contributed by atoms with Gasteiger partial charge in [0, 0.05) is 32.2 Å². The molecule has 0 aromatic heterocycles. The first-order valence-electron chi connectivity index (χ1n) is 7.85. The fourth-order valence-corrected chi connectivity index (χ4v) is 2.18. The van der Waals surface area contributed by atoms with Gasteiger partial charge < -0.3 is 15.1 Å². The number of benzene rings is 1. The summed E-state index contributed by atoms with van der Waals surface area (Å²) in [7, 11) is 4.09. The Kier molecular flexibility index (Phi) is 7.68. The highest BCUT2D eigenvalue weighted by atomic mass is 19.1. The summed E-state index contributed by atoms with van der Waals surface area (Å²) in [6.45, 7) is 9.68. The average molecular weight is 295 g/mol. The third kappa shape index (κ3) is 6.44. The lowest BCUT2D eigenvalue weighted by Crippen LogP contribution is -2.33. The first-order valence-corrected chi connectivity index (χ1v) is 7.85. The van der Waals surface area contributed by atoms with Crippen LogP contribution in [0.4, 0.5) is 10.1 Å². The normalized spacial score (nSPS) is 11.4. The number of likely N-dealkylation sites (N-methyl/N-ethyl adjacent to an activating group) is 1. The number of hydrogen-bond donors (Lipinski definition) is 1. The summed E-state index contributed by atoms with van der Waals surface area (Å²) in [5.41, 5.74) is 1.71. The smallest absolute Gasteiger partial charge is 0.146 e. The molecule has 0 saturated carbocycles. The van der Waals surface area contributed by atoms with Crippen molar-refractivity contribution in [3.63, 3.8) is 0 Å². The van der Waals surface area contributed by atoms with Crippen LogP contribution in [0.5, 0.6) is 0 Å². The largest absolute Gasteiger partial charge is 0.368 e. The van der Waals surface area contributed by atoms with Crippen LogP contribution in [-0.2, 0) is 6.54 Å². The Bertz CT molecular complexity index is 418. The molecule has 0 radical (unpaired) electrons. The van der Waals surface area contributed by atoms with Gasteiger partial charge in [0.15, 0.2) is 0 Å². The van der Waals surface area contributed by atoms with E-state index in [-0.39, 0.29) is 5.82 Å². The van der Waals surface area contributed by atoms with E-state index in [1.165, 1.54) is 0 Å². The Balaban J connectivity index is 2.78. The molecule has 0 atom stereocenters. The van der Waals surface area contributed by atoms with Crippen LogP contribution >= 0.6 is 0 Å². The quantitative estimate of drug-likeness (QED) is 0.755. The molecule has 1 rings (SSSR count). The third-order valence-electron chi connectivity index (χ3n) is 3.38. The lowest BCUT2D eigenvalue weighted by Gasteiger charge is -2.26. The van der Waals surface area contributed by atoms with E-state index in [2.05, 4.69) is 35.9 Å². The molecule has 0 aliphatic heterocycles. The Morgan fingerprint density at radius 2 is 1.86 bits per heavy atom. The van der Waals surface area contributed by atoms with E-state index in [9.17, 15) is 4.39 Å². The summed E-state index contributed by atoms with van der Waals surface area (Å²) in [5.74, 6) is -0.120. The van der Waals surface area contributed by atoms with Gasteiger partial charge in [0.25, 0.3) is 0 Å². The van der Waals surface area contributed by atoms with Crippen LogP contribution in [0.15, 0.2) is 18.2 Å². The highest BCUT2D eigenvalue weighted by Crippen LogP contribution is 2.21. The number of rotatable bonds is 9. The highest BCUT2D eigenvalue weighted by Gasteiger charge is 2.12. The zero-order valence-corrected chi connectivity index (χ0v) is 14.1. The van der Waals surface area contributed by atoms with Crippen LogP contribution < -0.4 is 10.2 Å². The minimum Gasteiger partial charge on any atom is -0.368 e. The Morgan fingerprint density at radius 3 is 2.38 bits per heavy atom. The summed E-state index contributed by atoms with van der Waals surface area (Å²) in [5, 5.41) is 3.32. The first-order chi connectivity index (χ1) is 9.93. The maximum absolute atomic E-state index is 14.4. The third-order valence-corrected chi connectivity index (χ3v) is 3.38. The van der Waals surface area contributed by atoms with Crippen molar-refractivity contribution in [3.05, 3.63) is 29.6 Å². The number of nitrogens with one attached hydrogen (secondary N) is 1. The molecule has 0 saturated heterocycles. The molecule has 0 aliphatic rings. The molecule has 4 heteroatoms. The standard InChI is InChI=1S/C17H30FN3/c1-6-9-21(11-10-20(4)5)17-8-7-15(12-16(17)18)13-19-14(2)3/h7-8,12,14,19H,6,9-11,13H2,1-5H3. The molecule has 0 amide bonds. The van der Waals surface area contributed by atoms with Crippen molar-refractivity contribution in [2.24, 2.45) is 0 Å². The first kappa shape index (κ1) is 17.9. The highest BCUT2D eigenvalue weighted by molar-refractivity contribution is 5.49. The molecule has 120 valence electrons. The minimum absolute atomic E-state index is 0.120. The summed E-state index contributed by atoms with van der Waals surface area (Å²) in [6.07, 6.45) is 1.02. The van der Waals surface area contributed by atoms with Gasteiger partial charge in [-0.15, -0.1) is 0 Å². The molecular formula is C17H30FN3. The maximum atomic E-state index is 14.4. The lowest BCUT2D eigenvalue weighted by atomic mass is 10.1. The van der Waals surface area contributed by atoms with Crippen LogP contribution in [0.25, 0.3) is 0 Å². The van der Waals surface area contributed by atoms with Crippen molar-refractivity contribution in [2.45, 2.75) is 39.8 Å². The van der Waals surface area contributed by atoms with Crippen molar-refractivity contribution < 1.29 is 4.39 Å². The number of hydrogen-bond acceptors (Lipinski definition) is 3. The zero-order chi connectivity index (χ0) is 15.8. The van der Waals surface area contributed by atoms with E-state index < -0.39 is 0 Å². The van der Waals surface area contributed by atoms with E-state index in [1.54, 1.807) is 6.07 Å². The second kappa shape index (κ2) is 9.00. The van der Waals surface area contributed by atoms with Crippen LogP contribution in [0, 0.1) is 5.82 Å². The Morgan fingerprint density at radius 1 is 1.14 bits per heavy atom. The molecule has 21 heavy (non-hydrogen) atoms. The van der Waals surface area contributed by atoms with Crippen LogP contribution in [0.2, 0.25) is 0 Å². The molecule has 0 heterocycles.